The van der Waals surface area contributed by atoms with Crippen LogP contribution >= 0.6 is 0 Å². The summed E-state index contributed by atoms with van der Waals surface area (Å²) in [4.78, 5) is 4.04. The van der Waals surface area contributed by atoms with Crippen LogP contribution in [0.2, 0.25) is 0 Å². The molecule has 0 bridgehead atoms. The van der Waals surface area contributed by atoms with Gasteiger partial charge < -0.3 is 0 Å². The van der Waals surface area contributed by atoms with Gasteiger partial charge in [0, 0.05) is 23.5 Å². The van der Waals surface area contributed by atoms with Crippen molar-refractivity contribution in [1.29, 1.82) is 0 Å². The van der Waals surface area contributed by atoms with Gasteiger partial charge in [-0.1, -0.05) is 23.8 Å². The first-order valence-electron chi connectivity index (χ1n) is 5.85. The van der Waals surface area contributed by atoms with Gasteiger partial charge >= 0.3 is 0 Å². The number of nitrogens with one attached hydrogen (secondary N) is 1. The van der Waals surface area contributed by atoms with Crippen molar-refractivity contribution in [2.75, 3.05) is 0 Å². The molecule has 88 valence electrons. The largest absolute Gasteiger partial charge is 0.277 e. The van der Waals surface area contributed by atoms with Crippen molar-refractivity contribution in [1.82, 2.24) is 15.2 Å². The normalized spacial score (nSPS) is 10.5. The average Bonchev–Trinajstić information content (AvgIpc) is 2.89. The van der Waals surface area contributed by atoms with E-state index >= 15 is 0 Å². The molecule has 0 unspecified atom stereocenters. The highest BCUT2D eigenvalue weighted by atomic mass is 15.1. The molecule has 0 radical (unpaired) electrons. The molecule has 3 nitrogen and oxygen atoms in total. The Labute approximate surface area is 106 Å². The van der Waals surface area contributed by atoms with E-state index in [-0.39, 0.29) is 0 Å². The second kappa shape index (κ2) is 4.45. The lowest BCUT2D eigenvalue weighted by Gasteiger charge is -2.04. The van der Waals surface area contributed by atoms with Crippen LogP contribution in [0, 0.1) is 6.92 Å². The minimum absolute atomic E-state index is 1.05. The number of benzene rings is 1. The zero-order chi connectivity index (χ0) is 12.4. The molecular formula is C15H13N3. The van der Waals surface area contributed by atoms with Crippen molar-refractivity contribution < 1.29 is 0 Å². The van der Waals surface area contributed by atoms with Crippen molar-refractivity contribution >= 4 is 0 Å². The summed E-state index contributed by atoms with van der Waals surface area (Å²) in [7, 11) is 0. The Balaban J connectivity index is 2.13. The number of nitrogens with zero attached hydrogens (tertiary/aromatic N) is 2. The summed E-state index contributed by atoms with van der Waals surface area (Å²) in [5, 5.41) is 7.24. The van der Waals surface area contributed by atoms with Crippen LogP contribution in [-0.2, 0) is 0 Å². The smallest absolute Gasteiger partial charge is 0.0728 e. The fraction of sp³-hybridized carbons (Fsp3) is 0.0667. The Morgan fingerprint density at radius 2 is 1.83 bits per heavy atom. The topological polar surface area (TPSA) is 41.6 Å². The van der Waals surface area contributed by atoms with Crippen molar-refractivity contribution in [3.8, 4) is 22.4 Å². The van der Waals surface area contributed by atoms with Crippen LogP contribution in [0.4, 0.5) is 0 Å². The van der Waals surface area contributed by atoms with Crippen LogP contribution < -0.4 is 0 Å². The summed E-state index contributed by atoms with van der Waals surface area (Å²) in [5.41, 5.74) is 5.66. The Kier molecular flexibility index (Phi) is 2.65. The third-order valence-electron chi connectivity index (χ3n) is 2.94. The lowest BCUT2D eigenvalue weighted by Crippen LogP contribution is -1.84. The standard InChI is InChI=1S/C15H13N3/c1-11-3-2-4-13(9-11)15-14(10-17-18-15)12-5-7-16-8-6-12/h2-10H,1H3,(H,17,18). The van der Waals surface area contributed by atoms with Gasteiger partial charge in [0.25, 0.3) is 0 Å². The number of H-pyrrole nitrogens is 1. The van der Waals surface area contributed by atoms with Crippen molar-refractivity contribution in [3.05, 3.63) is 60.6 Å². The fourth-order valence-electron chi connectivity index (χ4n) is 2.06. The molecule has 0 aliphatic heterocycles. The third kappa shape index (κ3) is 1.91. The highest BCUT2D eigenvalue weighted by molar-refractivity contribution is 5.80. The summed E-state index contributed by atoms with van der Waals surface area (Å²) in [5.74, 6) is 0. The molecular weight excluding hydrogens is 222 g/mol. The molecule has 0 amide bonds. The van der Waals surface area contributed by atoms with E-state index in [1.54, 1.807) is 12.4 Å². The Morgan fingerprint density at radius 3 is 2.61 bits per heavy atom. The van der Waals surface area contributed by atoms with Crippen LogP contribution in [0.3, 0.4) is 0 Å². The van der Waals surface area contributed by atoms with Crippen LogP contribution in [0.1, 0.15) is 5.56 Å². The molecule has 18 heavy (non-hydrogen) atoms. The fourth-order valence-corrected chi connectivity index (χ4v) is 2.06. The van der Waals surface area contributed by atoms with E-state index in [2.05, 4.69) is 46.4 Å². The summed E-state index contributed by atoms with van der Waals surface area (Å²) in [6.07, 6.45) is 5.44. The number of hydrogen-bond donors (Lipinski definition) is 1. The van der Waals surface area contributed by atoms with Crippen molar-refractivity contribution in [3.63, 3.8) is 0 Å². The van der Waals surface area contributed by atoms with Crippen LogP contribution in [0.5, 0.6) is 0 Å². The molecule has 0 spiro atoms. The van der Waals surface area contributed by atoms with E-state index in [1.165, 1.54) is 5.56 Å². The summed E-state index contributed by atoms with van der Waals surface area (Å²) in [6.45, 7) is 2.09. The van der Waals surface area contributed by atoms with E-state index in [1.807, 2.05) is 18.3 Å². The van der Waals surface area contributed by atoms with Gasteiger partial charge in [0.2, 0.25) is 0 Å². The molecule has 2 aromatic heterocycles. The van der Waals surface area contributed by atoms with Gasteiger partial charge in [-0.25, -0.2) is 0 Å². The first-order valence-corrected chi connectivity index (χ1v) is 5.85. The minimum Gasteiger partial charge on any atom is -0.277 e. The first-order chi connectivity index (χ1) is 8.84. The predicted molar refractivity (Wildman–Crippen MR) is 72.0 cm³/mol. The zero-order valence-corrected chi connectivity index (χ0v) is 10.1. The number of rotatable bonds is 2. The molecule has 0 atom stereocenters. The van der Waals surface area contributed by atoms with Crippen molar-refractivity contribution in [2.45, 2.75) is 6.92 Å². The summed E-state index contributed by atoms with van der Waals surface area (Å²) >= 11 is 0. The third-order valence-corrected chi connectivity index (χ3v) is 2.94. The molecule has 3 rings (SSSR count). The Hall–Kier alpha value is -2.42. The van der Waals surface area contributed by atoms with Gasteiger partial charge in [-0.2, -0.15) is 5.10 Å². The molecule has 3 heteroatoms. The monoisotopic (exact) mass is 235 g/mol. The molecule has 1 N–H and O–H groups in total. The molecule has 0 aliphatic rings. The quantitative estimate of drug-likeness (QED) is 0.739. The number of aryl methyl sites for hydroxylation is 1. The van der Waals surface area contributed by atoms with Crippen LogP contribution in [-0.4, -0.2) is 15.2 Å². The highest BCUT2D eigenvalue weighted by Gasteiger charge is 2.09. The SMILES string of the molecule is Cc1cccc(-c2[nH]ncc2-c2ccncc2)c1. The van der Waals surface area contributed by atoms with Gasteiger partial charge in [0.05, 0.1) is 11.9 Å². The number of aromatic amines is 1. The highest BCUT2D eigenvalue weighted by Crippen LogP contribution is 2.29. The van der Waals surface area contributed by atoms with E-state index < -0.39 is 0 Å². The summed E-state index contributed by atoms with van der Waals surface area (Å²) in [6, 6.07) is 12.4. The lowest BCUT2D eigenvalue weighted by molar-refractivity contribution is 1.09. The maximum atomic E-state index is 4.16. The Bertz CT molecular complexity index is 656. The maximum absolute atomic E-state index is 4.16. The zero-order valence-electron chi connectivity index (χ0n) is 10.1. The number of aromatic nitrogens is 3. The molecule has 0 saturated heterocycles. The molecule has 0 aliphatic carbocycles. The maximum Gasteiger partial charge on any atom is 0.0728 e. The van der Waals surface area contributed by atoms with Crippen molar-refractivity contribution in [2.24, 2.45) is 0 Å². The number of hydrogen-bond acceptors (Lipinski definition) is 2. The average molecular weight is 235 g/mol. The molecule has 1 aromatic carbocycles. The molecule has 2 heterocycles. The van der Waals surface area contributed by atoms with Crippen LogP contribution in [0.15, 0.2) is 55.0 Å². The lowest BCUT2D eigenvalue weighted by atomic mass is 10.0. The molecule has 0 fully saturated rings. The van der Waals surface area contributed by atoms with E-state index in [0.717, 1.165) is 22.4 Å². The van der Waals surface area contributed by atoms with E-state index in [0.29, 0.717) is 0 Å². The van der Waals surface area contributed by atoms with Gasteiger partial charge in [-0.05, 0) is 30.7 Å². The minimum atomic E-state index is 1.05. The second-order valence-corrected chi connectivity index (χ2v) is 4.26. The summed E-state index contributed by atoms with van der Waals surface area (Å²) < 4.78 is 0. The first kappa shape index (κ1) is 10.7. The molecule has 0 saturated carbocycles. The predicted octanol–water partition coefficient (Wildman–Crippen LogP) is 3.45. The van der Waals surface area contributed by atoms with Gasteiger partial charge in [-0.15, -0.1) is 0 Å². The Morgan fingerprint density at radius 1 is 1.00 bits per heavy atom. The van der Waals surface area contributed by atoms with E-state index in [4.69, 9.17) is 0 Å². The van der Waals surface area contributed by atoms with E-state index in [9.17, 15) is 0 Å². The second-order valence-electron chi connectivity index (χ2n) is 4.26. The van der Waals surface area contributed by atoms with Gasteiger partial charge in [-0.3, -0.25) is 10.1 Å². The van der Waals surface area contributed by atoms with Crippen LogP contribution in [0.25, 0.3) is 22.4 Å². The van der Waals surface area contributed by atoms with Gasteiger partial charge in [0.1, 0.15) is 0 Å². The molecule has 3 aromatic rings. The number of pyridine rings is 1. The van der Waals surface area contributed by atoms with Gasteiger partial charge in [0.15, 0.2) is 0 Å².